The molecule has 0 spiro atoms. The number of halogens is 2. The summed E-state index contributed by atoms with van der Waals surface area (Å²) in [5, 5.41) is 5.95. The molecule has 2 rings (SSSR count). The summed E-state index contributed by atoms with van der Waals surface area (Å²) < 4.78 is 32.0. The standard InChI is InChI=1S/C16H18F2N4O2/c1-2-20-16(21-8-10-7-11(17)3-5-13(10)18)22-9-12-4-6-14(24-12)15(19)23/h3-7H,2,8-9H2,1H3,(H2,19,23)(H2,20,21,22). The zero-order chi connectivity index (χ0) is 17.5. The molecule has 1 aromatic carbocycles. The highest BCUT2D eigenvalue weighted by molar-refractivity contribution is 5.89. The SMILES string of the molecule is CCNC(=NCc1cc(F)ccc1F)NCc1ccc(C(N)=O)o1. The molecule has 0 unspecified atom stereocenters. The first-order valence-corrected chi connectivity index (χ1v) is 7.34. The van der Waals surface area contributed by atoms with Gasteiger partial charge in [-0.1, -0.05) is 0 Å². The number of hydrogen-bond donors (Lipinski definition) is 3. The fraction of sp³-hybridized carbons (Fsp3) is 0.250. The second-order valence-electron chi connectivity index (χ2n) is 4.91. The summed E-state index contributed by atoms with van der Waals surface area (Å²) in [4.78, 5) is 15.2. The summed E-state index contributed by atoms with van der Waals surface area (Å²) in [7, 11) is 0. The Kier molecular flexibility index (Phi) is 5.89. The van der Waals surface area contributed by atoms with Gasteiger partial charge < -0.3 is 20.8 Å². The number of primary amides is 1. The molecule has 0 aliphatic carbocycles. The van der Waals surface area contributed by atoms with Gasteiger partial charge in [0.1, 0.15) is 17.4 Å². The van der Waals surface area contributed by atoms with Crippen molar-refractivity contribution in [3.05, 3.63) is 59.1 Å². The number of nitrogens with zero attached hydrogens (tertiary/aromatic N) is 1. The van der Waals surface area contributed by atoms with E-state index in [9.17, 15) is 13.6 Å². The number of nitrogens with two attached hydrogens (primary N) is 1. The van der Waals surface area contributed by atoms with Gasteiger partial charge >= 0.3 is 0 Å². The maximum absolute atomic E-state index is 13.6. The fourth-order valence-electron chi connectivity index (χ4n) is 1.95. The van der Waals surface area contributed by atoms with Gasteiger partial charge in [0.2, 0.25) is 0 Å². The van der Waals surface area contributed by atoms with Crippen LogP contribution in [0.4, 0.5) is 8.78 Å². The van der Waals surface area contributed by atoms with Gasteiger partial charge in [-0.15, -0.1) is 0 Å². The van der Waals surface area contributed by atoms with E-state index in [0.717, 1.165) is 18.2 Å². The molecule has 0 aliphatic rings. The number of hydrogen-bond acceptors (Lipinski definition) is 3. The number of amides is 1. The second-order valence-corrected chi connectivity index (χ2v) is 4.91. The maximum Gasteiger partial charge on any atom is 0.284 e. The smallest absolute Gasteiger partial charge is 0.284 e. The third-order valence-corrected chi connectivity index (χ3v) is 3.09. The van der Waals surface area contributed by atoms with Crippen LogP contribution in [-0.4, -0.2) is 18.4 Å². The van der Waals surface area contributed by atoms with Crippen LogP contribution in [0.15, 0.2) is 39.7 Å². The predicted molar refractivity (Wildman–Crippen MR) is 85.2 cm³/mol. The molecule has 0 saturated carbocycles. The molecule has 128 valence electrons. The van der Waals surface area contributed by atoms with Crippen LogP contribution in [0.5, 0.6) is 0 Å². The van der Waals surface area contributed by atoms with E-state index < -0.39 is 17.5 Å². The summed E-state index contributed by atoms with van der Waals surface area (Å²) in [6.07, 6.45) is 0. The Morgan fingerprint density at radius 1 is 1.25 bits per heavy atom. The topological polar surface area (TPSA) is 92.6 Å². The molecule has 0 bridgehead atoms. The Balaban J connectivity index is 2.02. The van der Waals surface area contributed by atoms with Crippen LogP contribution in [0.2, 0.25) is 0 Å². The highest BCUT2D eigenvalue weighted by Crippen LogP contribution is 2.11. The van der Waals surface area contributed by atoms with Crippen molar-refractivity contribution in [2.24, 2.45) is 10.7 Å². The van der Waals surface area contributed by atoms with Crippen molar-refractivity contribution in [1.29, 1.82) is 0 Å². The van der Waals surface area contributed by atoms with E-state index in [2.05, 4.69) is 15.6 Å². The zero-order valence-corrected chi connectivity index (χ0v) is 13.1. The van der Waals surface area contributed by atoms with Gasteiger partial charge in [-0.3, -0.25) is 4.79 Å². The maximum atomic E-state index is 13.6. The van der Waals surface area contributed by atoms with E-state index in [4.69, 9.17) is 10.2 Å². The molecule has 6 nitrogen and oxygen atoms in total. The summed E-state index contributed by atoms with van der Waals surface area (Å²) in [6, 6.07) is 6.32. The zero-order valence-electron chi connectivity index (χ0n) is 13.1. The van der Waals surface area contributed by atoms with Crippen LogP contribution >= 0.6 is 0 Å². The van der Waals surface area contributed by atoms with Crippen LogP contribution in [-0.2, 0) is 13.1 Å². The molecule has 1 amide bonds. The van der Waals surface area contributed by atoms with Crippen molar-refractivity contribution in [2.45, 2.75) is 20.0 Å². The second kappa shape index (κ2) is 8.09. The molecular weight excluding hydrogens is 318 g/mol. The monoisotopic (exact) mass is 336 g/mol. The number of rotatable bonds is 6. The molecule has 0 aliphatic heterocycles. The van der Waals surface area contributed by atoms with Crippen molar-refractivity contribution in [1.82, 2.24) is 10.6 Å². The Hall–Kier alpha value is -2.90. The molecule has 4 N–H and O–H groups in total. The quantitative estimate of drug-likeness (QED) is 0.555. The molecule has 0 saturated heterocycles. The summed E-state index contributed by atoms with van der Waals surface area (Å²) in [5.41, 5.74) is 5.27. The Morgan fingerprint density at radius 2 is 2.04 bits per heavy atom. The number of carbonyl (C=O) groups excluding carboxylic acids is 1. The van der Waals surface area contributed by atoms with E-state index in [0.29, 0.717) is 18.3 Å². The molecular formula is C16H18F2N4O2. The normalized spacial score (nSPS) is 11.4. The highest BCUT2D eigenvalue weighted by Gasteiger charge is 2.08. The molecule has 0 fully saturated rings. The summed E-state index contributed by atoms with van der Waals surface area (Å²) in [6.45, 7) is 2.69. The molecule has 1 aromatic heterocycles. The van der Waals surface area contributed by atoms with Gasteiger partial charge in [-0.05, 0) is 37.3 Å². The Morgan fingerprint density at radius 3 is 2.71 bits per heavy atom. The number of aliphatic imine (C=N–C) groups is 1. The van der Waals surface area contributed by atoms with Crippen LogP contribution in [0.3, 0.4) is 0 Å². The van der Waals surface area contributed by atoms with E-state index in [-0.39, 0.29) is 24.4 Å². The summed E-state index contributed by atoms with van der Waals surface area (Å²) >= 11 is 0. The molecule has 0 atom stereocenters. The molecule has 2 aromatic rings. The van der Waals surface area contributed by atoms with Crippen molar-refractivity contribution in [3.8, 4) is 0 Å². The lowest BCUT2D eigenvalue weighted by Gasteiger charge is -2.10. The number of nitrogens with one attached hydrogen (secondary N) is 2. The van der Waals surface area contributed by atoms with Crippen LogP contribution in [0.1, 0.15) is 28.8 Å². The first-order chi connectivity index (χ1) is 11.5. The minimum Gasteiger partial charge on any atom is -0.454 e. The van der Waals surface area contributed by atoms with Crippen molar-refractivity contribution in [2.75, 3.05) is 6.54 Å². The molecule has 8 heteroatoms. The Labute approximate surface area is 137 Å². The minimum atomic E-state index is -0.650. The lowest BCUT2D eigenvalue weighted by atomic mass is 10.2. The lowest BCUT2D eigenvalue weighted by molar-refractivity contribution is 0.0972. The van der Waals surface area contributed by atoms with E-state index >= 15 is 0 Å². The number of guanidine groups is 1. The molecule has 1 heterocycles. The number of furan rings is 1. The van der Waals surface area contributed by atoms with Gasteiger partial charge in [-0.2, -0.15) is 0 Å². The summed E-state index contributed by atoms with van der Waals surface area (Å²) in [5.74, 6) is -0.731. The van der Waals surface area contributed by atoms with Gasteiger partial charge in [0, 0.05) is 12.1 Å². The van der Waals surface area contributed by atoms with E-state index in [1.165, 1.54) is 6.07 Å². The first-order valence-electron chi connectivity index (χ1n) is 7.34. The van der Waals surface area contributed by atoms with Crippen LogP contribution in [0.25, 0.3) is 0 Å². The van der Waals surface area contributed by atoms with Gasteiger partial charge in [0.15, 0.2) is 11.7 Å². The minimum absolute atomic E-state index is 0.0242. The van der Waals surface area contributed by atoms with E-state index in [1.54, 1.807) is 6.07 Å². The van der Waals surface area contributed by atoms with Crippen molar-refractivity contribution < 1.29 is 18.0 Å². The third-order valence-electron chi connectivity index (χ3n) is 3.09. The molecule has 0 radical (unpaired) electrons. The number of carbonyl (C=O) groups is 1. The average molecular weight is 336 g/mol. The molecule has 24 heavy (non-hydrogen) atoms. The first kappa shape index (κ1) is 17.5. The van der Waals surface area contributed by atoms with E-state index in [1.807, 2.05) is 6.92 Å². The third kappa shape index (κ3) is 4.80. The van der Waals surface area contributed by atoms with Crippen LogP contribution in [0, 0.1) is 11.6 Å². The average Bonchev–Trinajstić information content (AvgIpc) is 3.02. The van der Waals surface area contributed by atoms with Gasteiger partial charge in [0.25, 0.3) is 5.91 Å². The number of benzene rings is 1. The van der Waals surface area contributed by atoms with Crippen molar-refractivity contribution >= 4 is 11.9 Å². The van der Waals surface area contributed by atoms with Crippen molar-refractivity contribution in [3.63, 3.8) is 0 Å². The highest BCUT2D eigenvalue weighted by atomic mass is 19.1. The van der Waals surface area contributed by atoms with Gasteiger partial charge in [-0.25, -0.2) is 13.8 Å². The predicted octanol–water partition coefficient (Wildman–Crippen LogP) is 1.91. The Bertz CT molecular complexity index is 743. The van der Waals surface area contributed by atoms with Crippen LogP contribution < -0.4 is 16.4 Å². The van der Waals surface area contributed by atoms with Gasteiger partial charge in [0.05, 0.1) is 13.1 Å². The fourth-order valence-corrected chi connectivity index (χ4v) is 1.95. The lowest BCUT2D eigenvalue weighted by Crippen LogP contribution is -2.36. The largest absolute Gasteiger partial charge is 0.454 e.